The Morgan fingerprint density at radius 1 is 1.29 bits per heavy atom. The number of aromatic nitrogens is 2. The van der Waals surface area contributed by atoms with Crippen LogP contribution in [0.2, 0.25) is 0 Å². The number of hydrogen-bond acceptors (Lipinski definition) is 3. The van der Waals surface area contributed by atoms with Gasteiger partial charge in [-0.05, 0) is 31.2 Å². The van der Waals surface area contributed by atoms with Gasteiger partial charge in [-0.25, -0.2) is 0 Å². The van der Waals surface area contributed by atoms with Crippen molar-refractivity contribution < 1.29 is 4.79 Å². The summed E-state index contributed by atoms with van der Waals surface area (Å²) < 4.78 is 1.92. The van der Waals surface area contributed by atoms with Crippen LogP contribution >= 0.6 is 0 Å². The van der Waals surface area contributed by atoms with Crippen LogP contribution in [0.4, 0.5) is 0 Å². The van der Waals surface area contributed by atoms with Crippen LogP contribution in [0.25, 0.3) is 11.1 Å². The Balaban J connectivity index is 1.82. The van der Waals surface area contributed by atoms with Crippen molar-refractivity contribution in [2.45, 2.75) is 37.3 Å². The topological polar surface area (TPSA) is 86.9 Å². The van der Waals surface area contributed by atoms with E-state index >= 15 is 0 Å². The lowest BCUT2D eigenvalue weighted by Gasteiger charge is -2.35. The lowest BCUT2D eigenvalue weighted by molar-refractivity contribution is -0.124. The third-order valence-corrected chi connectivity index (χ3v) is 4.33. The number of nitrogens with zero attached hydrogens (tertiary/aromatic N) is 2. The average Bonchev–Trinajstić information content (AvgIpc) is 2.98. The van der Waals surface area contributed by atoms with Gasteiger partial charge in [0.05, 0.1) is 17.8 Å². The summed E-state index contributed by atoms with van der Waals surface area (Å²) in [7, 11) is 0. The minimum Gasteiger partial charge on any atom is -0.368 e. The van der Waals surface area contributed by atoms with Crippen molar-refractivity contribution in [1.82, 2.24) is 9.78 Å². The smallest absolute Gasteiger partial charge is 0.237 e. The van der Waals surface area contributed by atoms with Gasteiger partial charge in [0.2, 0.25) is 5.91 Å². The summed E-state index contributed by atoms with van der Waals surface area (Å²) in [5, 5.41) is 4.45. The van der Waals surface area contributed by atoms with E-state index in [1.165, 1.54) is 0 Å². The van der Waals surface area contributed by atoms with Gasteiger partial charge in [0, 0.05) is 11.8 Å². The summed E-state index contributed by atoms with van der Waals surface area (Å²) in [6.07, 6.45) is 6.95. The molecule has 0 radical (unpaired) electrons. The van der Waals surface area contributed by atoms with E-state index in [0.29, 0.717) is 12.8 Å². The van der Waals surface area contributed by atoms with Gasteiger partial charge in [0.25, 0.3) is 0 Å². The fraction of sp³-hybridized carbons (Fsp3) is 0.375. The first-order chi connectivity index (χ1) is 10.1. The summed E-state index contributed by atoms with van der Waals surface area (Å²) in [5.74, 6) is -0.414. The summed E-state index contributed by atoms with van der Waals surface area (Å²) in [5.41, 5.74) is 12.9. The predicted octanol–water partition coefficient (Wildman–Crippen LogP) is 1.85. The summed E-state index contributed by atoms with van der Waals surface area (Å²) in [6, 6.07) is 10.2. The molecule has 1 aliphatic carbocycles. The molecule has 1 aliphatic rings. The molecule has 2 atom stereocenters. The van der Waals surface area contributed by atoms with Crippen LogP contribution in [0.5, 0.6) is 0 Å². The van der Waals surface area contributed by atoms with Gasteiger partial charge >= 0.3 is 0 Å². The van der Waals surface area contributed by atoms with E-state index in [1.807, 2.05) is 35.3 Å². The monoisotopic (exact) mass is 284 g/mol. The third-order valence-electron chi connectivity index (χ3n) is 4.33. The van der Waals surface area contributed by atoms with Gasteiger partial charge in [0.1, 0.15) is 0 Å². The second-order valence-corrected chi connectivity index (χ2v) is 5.85. The molecule has 0 aliphatic heterocycles. The maximum absolute atomic E-state index is 11.5. The Kier molecular flexibility index (Phi) is 3.51. The fourth-order valence-corrected chi connectivity index (χ4v) is 3.04. The van der Waals surface area contributed by atoms with E-state index in [1.54, 1.807) is 0 Å². The van der Waals surface area contributed by atoms with Gasteiger partial charge in [-0.3, -0.25) is 9.48 Å². The average molecular weight is 284 g/mol. The SMILES string of the molecule is NC(=O)C1(N)CCCC(n2cc(-c3ccccc3)cn2)C1. The molecule has 2 aromatic rings. The van der Waals surface area contributed by atoms with E-state index in [9.17, 15) is 4.79 Å². The molecule has 1 aromatic carbocycles. The fourth-order valence-electron chi connectivity index (χ4n) is 3.04. The lowest BCUT2D eigenvalue weighted by atomic mass is 9.79. The van der Waals surface area contributed by atoms with Gasteiger partial charge in [-0.2, -0.15) is 5.10 Å². The Bertz CT molecular complexity index is 637. The van der Waals surface area contributed by atoms with Gasteiger partial charge in [0.15, 0.2) is 0 Å². The second kappa shape index (κ2) is 5.33. The zero-order valence-electron chi connectivity index (χ0n) is 11.9. The van der Waals surface area contributed by atoms with Crippen LogP contribution in [-0.4, -0.2) is 21.2 Å². The molecule has 0 saturated heterocycles. The van der Waals surface area contributed by atoms with E-state index in [2.05, 4.69) is 17.2 Å². The van der Waals surface area contributed by atoms with Crippen LogP contribution in [-0.2, 0) is 4.79 Å². The highest BCUT2D eigenvalue weighted by Crippen LogP contribution is 2.34. The van der Waals surface area contributed by atoms with Crippen LogP contribution in [0, 0.1) is 0 Å². The van der Waals surface area contributed by atoms with E-state index in [0.717, 1.165) is 24.0 Å². The molecular weight excluding hydrogens is 264 g/mol. The first-order valence-corrected chi connectivity index (χ1v) is 7.27. The minimum absolute atomic E-state index is 0.133. The summed E-state index contributed by atoms with van der Waals surface area (Å²) in [6.45, 7) is 0. The zero-order chi connectivity index (χ0) is 14.9. The minimum atomic E-state index is -0.901. The second-order valence-electron chi connectivity index (χ2n) is 5.85. The highest BCUT2D eigenvalue weighted by atomic mass is 16.1. The molecule has 3 rings (SSSR count). The number of primary amides is 1. The van der Waals surface area contributed by atoms with Crippen molar-refractivity contribution in [1.29, 1.82) is 0 Å². The number of carbonyl (C=O) groups is 1. The maximum Gasteiger partial charge on any atom is 0.237 e. The Hall–Kier alpha value is -2.14. The van der Waals surface area contributed by atoms with Crippen LogP contribution in [0.1, 0.15) is 31.7 Å². The van der Waals surface area contributed by atoms with E-state index in [-0.39, 0.29) is 6.04 Å². The third kappa shape index (κ3) is 2.69. The molecule has 1 amide bonds. The van der Waals surface area contributed by atoms with Crippen molar-refractivity contribution in [3.8, 4) is 11.1 Å². The van der Waals surface area contributed by atoms with Crippen LogP contribution in [0.15, 0.2) is 42.7 Å². The number of nitrogens with two attached hydrogens (primary N) is 2. The zero-order valence-corrected chi connectivity index (χ0v) is 11.9. The summed E-state index contributed by atoms with van der Waals surface area (Å²) >= 11 is 0. The number of rotatable bonds is 3. The molecule has 5 nitrogen and oxygen atoms in total. The highest BCUT2D eigenvalue weighted by molar-refractivity contribution is 5.84. The largest absolute Gasteiger partial charge is 0.368 e. The number of amides is 1. The number of carbonyl (C=O) groups excluding carboxylic acids is 1. The molecule has 1 fully saturated rings. The van der Waals surface area contributed by atoms with Crippen molar-refractivity contribution in [3.05, 3.63) is 42.7 Å². The number of hydrogen-bond donors (Lipinski definition) is 2. The van der Waals surface area contributed by atoms with Crippen molar-refractivity contribution in [2.75, 3.05) is 0 Å². The van der Waals surface area contributed by atoms with Gasteiger partial charge in [-0.1, -0.05) is 30.3 Å². The molecule has 21 heavy (non-hydrogen) atoms. The van der Waals surface area contributed by atoms with E-state index < -0.39 is 11.4 Å². The molecule has 1 saturated carbocycles. The Labute approximate surface area is 123 Å². The van der Waals surface area contributed by atoms with Crippen molar-refractivity contribution in [2.24, 2.45) is 11.5 Å². The first kappa shape index (κ1) is 13.8. The molecule has 0 bridgehead atoms. The lowest BCUT2D eigenvalue weighted by Crippen LogP contribution is -2.54. The highest BCUT2D eigenvalue weighted by Gasteiger charge is 2.38. The molecule has 4 N–H and O–H groups in total. The molecule has 0 spiro atoms. The Morgan fingerprint density at radius 2 is 2.05 bits per heavy atom. The quantitative estimate of drug-likeness (QED) is 0.901. The van der Waals surface area contributed by atoms with Crippen LogP contribution < -0.4 is 11.5 Å². The summed E-state index contributed by atoms with van der Waals surface area (Å²) in [4.78, 5) is 11.5. The standard InChI is InChI=1S/C16H20N4O/c17-15(21)16(18)8-4-7-14(9-16)20-11-13(10-19-20)12-5-2-1-3-6-12/h1-3,5-6,10-11,14H,4,7-9,18H2,(H2,17,21). The van der Waals surface area contributed by atoms with Gasteiger partial charge in [-0.15, -0.1) is 0 Å². The number of benzene rings is 1. The Morgan fingerprint density at radius 3 is 2.76 bits per heavy atom. The van der Waals surface area contributed by atoms with Crippen molar-refractivity contribution >= 4 is 5.91 Å². The van der Waals surface area contributed by atoms with Crippen LogP contribution in [0.3, 0.4) is 0 Å². The predicted molar refractivity (Wildman–Crippen MR) is 81.3 cm³/mol. The maximum atomic E-state index is 11.5. The molecule has 5 heteroatoms. The first-order valence-electron chi connectivity index (χ1n) is 7.27. The molecular formula is C16H20N4O. The normalized spacial score (nSPS) is 25.7. The van der Waals surface area contributed by atoms with Crippen molar-refractivity contribution in [3.63, 3.8) is 0 Å². The molecule has 110 valence electrons. The van der Waals surface area contributed by atoms with Gasteiger partial charge < -0.3 is 11.5 Å². The molecule has 1 aromatic heterocycles. The molecule has 2 unspecified atom stereocenters. The van der Waals surface area contributed by atoms with E-state index in [4.69, 9.17) is 11.5 Å². The molecule has 1 heterocycles.